The molecule has 0 aromatic heterocycles. The van der Waals surface area contributed by atoms with Crippen molar-refractivity contribution in [1.29, 1.82) is 0 Å². The highest BCUT2D eigenvalue weighted by atomic mass is 16.4. The summed E-state index contributed by atoms with van der Waals surface area (Å²) < 4.78 is 0.377. The molecule has 0 saturated heterocycles. The second-order valence-electron chi connectivity index (χ2n) is 8.89. The molecule has 0 aromatic carbocycles. The maximum Gasteiger partial charge on any atom is 0.219 e. The van der Waals surface area contributed by atoms with E-state index < -0.39 is 11.5 Å². The van der Waals surface area contributed by atoms with Crippen molar-refractivity contribution >= 4 is 11.9 Å². The number of hydrogen-bond acceptors (Lipinski definition) is 3. The number of carboxylic acid groups (broad SMARTS) is 1. The van der Waals surface area contributed by atoms with Gasteiger partial charge in [-0.25, -0.2) is 0 Å². The highest BCUT2D eigenvalue weighted by Crippen LogP contribution is 2.20. The fourth-order valence-corrected chi connectivity index (χ4v) is 3.07. The Morgan fingerprint density at radius 2 is 1.37 bits per heavy atom. The lowest BCUT2D eigenvalue weighted by atomic mass is 10.00. The molecule has 5 heteroatoms. The molecular formula is C22H44N2O3. The first kappa shape index (κ1) is 25.9. The van der Waals surface area contributed by atoms with E-state index in [-0.39, 0.29) is 5.91 Å². The van der Waals surface area contributed by atoms with Crippen LogP contribution in [0.15, 0.2) is 0 Å². The monoisotopic (exact) mass is 384 g/mol. The summed E-state index contributed by atoms with van der Waals surface area (Å²) >= 11 is 0. The molecule has 0 aliphatic rings. The molecule has 0 spiro atoms. The Morgan fingerprint density at radius 1 is 0.852 bits per heavy atom. The van der Waals surface area contributed by atoms with Crippen LogP contribution in [0.4, 0.5) is 0 Å². The Morgan fingerprint density at radius 3 is 1.89 bits per heavy atom. The third kappa shape index (κ3) is 11.4. The van der Waals surface area contributed by atoms with Crippen molar-refractivity contribution in [2.24, 2.45) is 0 Å². The summed E-state index contributed by atoms with van der Waals surface area (Å²) in [7, 11) is 3.83. The van der Waals surface area contributed by atoms with Gasteiger partial charge in [-0.3, -0.25) is 4.79 Å². The van der Waals surface area contributed by atoms with Gasteiger partial charge >= 0.3 is 0 Å². The lowest BCUT2D eigenvalue weighted by Gasteiger charge is -2.45. The lowest BCUT2D eigenvalue weighted by Crippen LogP contribution is -2.64. The van der Waals surface area contributed by atoms with Crippen molar-refractivity contribution in [1.82, 2.24) is 5.32 Å². The normalized spacial score (nSPS) is 12.2. The standard InChI is InChI=1S/C22H44N2O3/c1-6-7-8-9-10-11-12-13-14-17-20(25)23-18-15-16-19-24(4,5)22(2,3)21(26)27/h6-19H2,1-5H3,(H-,23,25,26,27). The van der Waals surface area contributed by atoms with E-state index in [4.69, 9.17) is 0 Å². The van der Waals surface area contributed by atoms with Crippen LogP contribution in [0.2, 0.25) is 0 Å². The molecule has 1 amide bonds. The average molecular weight is 385 g/mol. The number of unbranched alkanes of at least 4 members (excludes halogenated alkanes) is 9. The number of nitrogens with one attached hydrogen (secondary N) is 1. The minimum atomic E-state index is -1.03. The highest BCUT2D eigenvalue weighted by molar-refractivity contribution is 5.75. The maximum absolute atomic E-state index is 11.9. The van der Waals surface area contributed by atoms with Crippen LogP contribution < -0.4 is 10.4 Å². The van der Waals surface area contributed by atoms with Crippen LogP contribution in [-0.4, -0.2) is 49.1 Å². The van der Waals surface area contributed by atoms with Crippen molar-refractivity contribution in [2.75, 3.05) is 27.2 Å². The molecule has 0 unspecified atom stereocenters. The van der Waals surface area contributed by atoms with Crippen LogP contribution in [0.5, 0.6) is 0 Å². The number of hydrogen-bond donors (Lipinski definition) is 1. The third-order valence-corrected chi connectivity index (χ3v) is 5.99. The zero-order valence-electron chi connectivity index (χ0n) is 18.6. The molecule has 0 bridgehead atoms. The summed E-state index contributed by atoms with van der Waals surface area (Å²) in [5, 5.41) is 14.3. The van der Waals surface area contributed by atoms with Crippen LogP contribution in [0.25, 0.3) is 0 Å². The van der Waals surface area contributed by atoms with E-state index in [0.29, 0.717) is 17.4 Å². The molecule has 160 valence electrons. The Labute approximate surface area is 167 Å². The van der Waals surface area contributed by atoms with Gasteiger partial charge in [0.25, 0.3) is 0 Å². The van der Waals surface area contributed by atoms with Crippen LogP contribution in [0.3, 0.4) is 0 Å². The second-order valence-corrected chi connectivity index (χ2v) is 8.89. The van der Waals surface area contributed by atoms with Gasteiger partial charge in [-0.1, -0.05) is 58.3 Å². The molecule has 1 N–H and O–H groups in total. The molecule has 0 aliphatic carbocycles. The van der Waals surface area contributed by atoms with E-state index >= 15 is 0 Å². The number of carbonyl (C=O) groups is 2. The van der Waals surface area contributed by atoms with E-state index in [1.165, 1.54) is 44.9 Å². The van der Waals surface area contributed by atoms with Crippen molar-refractivity contribution in [3.63, 3.8) is 0 Å². The smallest absolute Gasteiger partial charge is 0.219 e. The minimum absolute atomic E-state index is 0.141. The first-order valence-electron chi connectivity index (χ1n) is 11.0. The summed E-state index contributed by atoms with van der Waals surface area (Å²) in [5.74, 6) is -0.886. The molecule has 5 nitrogen and oxygen atoms in total. The minimum Gasteiger partial charge on any atom is -0.544 e. The largest absolute Gasteiger partial charge is 0.544 e. The number of carboxylic acids is 1. The van der Waals surface area contributed by atoms with E-state index in [1.807, 2.05) is 14.1 Å². The zero-order chi connectivity index (χ0) is 20.8. The number of amides is 1. The molecular weight excluding hydrogens is 340 g/mol. The number of quaternary nitrogens is 1. The van der Waals surface area contributed by atoms with Gasteiger partial charge < -0.3 is 19.7 Å². The van der Waals surface area contributed by atoms with E-state index in [1.54, 1.807) is 13.8 Å². The molecule has 27 heavy (non-hydrogen) atoms. The Balaban J connectivity index is 3.63. The molecule has 0 atom stereocenters. The number of rotatable bonds is 17. The van der Waals surface area contributed by atoms with Crippen LogP contribution in [0.1, 0.15) is 97.8 Å². The van der Waals surface area contributed by atoms with Gasteiger partial charge in [0.15, 0.2) is 0 Å². The molecule has 0 fully saturated rings. The highest BCUT2D eigenvalue weighted by Gasteiger charge is 2.37. The Bertz CT molecular complexity index is 420. The number of nitrogens with zero attached hydrogens (tertiary/aromatic N) is 1. The van der Waals surface area contributed by atoms with Gasteiger partial charge in [0.05, 0.1) is 20.6 Å². The topological polar surface area (TPSA) is 69.2 Å². The molecule has 0 rings (SSSR count). The Kier molecular flexibility index (Phi) is 13.4. The quantitative estimate of drug-likeness (QED) is 0.309. The van der Waals surface area contributed by atoms with E-state index in [9.17, 15) is 14.7 Å². The SMILES string of the molecule is CCCCCCCCCCCC(=O)NCCCC[N+](C)(C)C(C)(C)C(=O)[O-]. The molecule has 0 aromatic rings. The van der Waals surface area contributed by atoms with Gasteiger partial charge in [-0.2, -0.15) is 0 Å². The number of carbonyl (C=O) groups excluding carboxylic acids is 2. The first-order valence-corrected chi connectivity index (χ1v) is 11.0. The van der Waals surface area contributed by atoms with E-state index in [2.05, 4.69) is 12.2 Å². The predicted molar refractivity (Wildman–Crippen MR) is 110 cm³/mol. The predicted octanol–water partition coefficient (Wildman–Crippen LogP) is 3.41. The van der Waals surface area contributed by atoms with Gasteiger partial charge in [0.2, 0.25) is 5.91 Å². The maximum atomic E-state index is 11.9. The molecule has 0 saturated carbocycles. The zero-order valence-corrected chi connectivity index (χ0v) is 18.6. The van der Waals surface area contributed by atoms with Crippen LogP contribution >= 0.6 is 0 Å². The molecule has 0 heterocycles. The number of aliphatic carboxylic acids is 1. The summed E-state index contributed by atoms with van der Waals surface area (Å²) in [5.41, 5.74) is -0.917. The molecule has 0 radical (unpaired) electrons. The lowest BCUT2D eigenvalue weighted by molar-refractivity contribution is -0.930. The van der Waals surface area contributed by atoms with Crippen molar-refractivity contribution in [3.8, 4) is 0 Å². The number of likely N-dealkylation sites (N-methyl/N-ethyl adjacent to an activating group) is 1. The Hall–Kier alpha value is -1.10. The van der Waals surface area contributed by atoms with Gasteiger partial charge in [0, 0.05) is 13.0 Å². The first-order chi connectivity index (χ1) is 12.6. The summed E-state index contributed by atoms with van der Waals surface area (Å²) in [6.45, 7) is 7.06. The molecule has 0 aliphatic heterocycles. The summed E-state index contributed by atoms with van der Waals surface area (Å²) in [6.07, 6.45) is 13.7. The fraction of sp³-hybridized carbons (Fsp3) is 0.909. The second kappa shape index (κ2) is 14.0. The van der Waals surface area contributed by atoms with Gasteiger partial charge in [0.1, 0.15) is 11.5 Å². The van der Waals surface area contributed by atoms with Crippen LogP contribution in [0, 0.1) is 0 Å². The van der Waals surface area contributed by atoms with Crippen LogP contribution in [-0.2, 0) is 9.59 Å². The van der Waals surface area contributed by atoms with E-state index in [0.717, 1.165) is 32.2 Å². The van der Waals surface area contributed by atoms with Crippen molar-refractivity contribution in [2.45, 2.75) is 103 Å². The van der Waals surface area contributed by atoms with Gasteiger partial charge in [-0.05, 0) is 33.1 Å². The summed E-state index contributed by atoms with van der Waals surface area (Å²) in [4.78, 5) is 23.1. The third-order valence-electron chi connectivity index (χ3n) is 5.99. The fourth-order valence-electron chi connectivity index (χ4n) is 3.07. The average Bonchev–Trinajstić information content (AvgIpc) is 2.59. The van der Waals surface area contributed by atoms with Gasteiger partial charge in [-0.15, -0.1) is 0 Å². The van der Waals surface area contributed by atoms with Crippen molar-refractivity contribution in [3.05, 3.63) is 0 Å². The van der Waals surface area contributed by atoms with Crippen molar-refractivity contribution < 1.29 is 19.2 Å². The summed E-state index contributed by atoms with van der Waals surface area (Å²) in [6, 6.07) is 0.